The van der Waals surface area contributed by atoms with Crippen LogP contribution in [0.5, 0.6) is 0 Å². The summed E-state index contributed by atoms with van der Waals surface area (Å²) in [7, 11) is 0. The van der Waals surface area contributed by atoms with E-state index in [-0.39, 0.29) is 5.91 Å². The van der Waals surface area contributed by atoms with Crippen molar-refractivity contribution in [3.63, 3.8) is 0 Å². The Bertz CT molecular complexity index is 525. The summed E-state index contributed by atoms with van der Waals surface area (Å²) in [6.45, 7) is 6.23. The van der Waals surface area contributed by atoms with Gasteiger partial charge in [-0.2, -0.15) is 0 Å². The lowest BCUT2D eigenvalue weighted by atomic mass is 9.99. The van der Waals surface area contributed by atoms with Gasteiger partial charge in [0.25, 0.3) is 0 Å². The van der Waals surface area contributed by atoms with Crippen molar-refractivity contribution in [3.05, 3.63) is 12.4 Å². The Kier molecular flexibility index (Phi) is 5.75. The first-order valence-electron chi connectivity index (χ1n) is 8.70. The van der Waals surface area contributed by atoms with Crippen molar-refractivity contribution in [2.75, 3.05) is 36.8 Å². The lowest BCUT2D eigenvalue weighted by molar-refractivity contribution is -0.129. The lowest BCUT2D eigenvalue weighted by Gasteiger charge is -2.30. The number of anilines is 1. The van der Waals surface area contributed by atoms with Gasteiger partial charge in [-0.3, -0.25) is 4.79 Å². The molecule has 1 amide bonds. The highest BCUT2D eigenvalue weighted by Gasteiger charge is 2.20. The van der Waals surface area contributed by atoms with Crippen molar-refractivity contribution in [2.24, 2.45) is 5.92 Å². The van der Waals surface area contributed by atoms with Gasteiger partial charge in [0.05, 0.1) is 5.75 Å². The highest BCUT2D eigenvalue weighted by Crippen LogP contribution is 2.23. The highest BCUT2D eigenvalue weighted by molar-refractivity contribution is 7.99. The SMILES string of the molecule is CC1CCN(C(=O)CSc2cc(N3CCCCC3)ncn2)CC1. The first-order valence-corrected chi connectivity index (χ1v) is 9.68. The number of carbonyl (C=O) groups is 1. The maximum absolute atomic E-state index is 12.3. The molecular weight excluding hydrogens is 308 g/mol. The summed E-state index contributed by atoms with van der Waals surface area (Å²) >= 11 is 1.53. The van der Waals surface area contributed by atoms with Gasteiger partial charge in [-0.15, -0.1) is 0 Å². The Morgan fingerprint density at radius 3 is 2.65 bits per heavy atom. The summed E-state index contributed by atoms with van der Waals surface area (Å²) in [4.78, 5) is 25.4. The zero-order valence-corrected chi connectivity index (χ0v) is 14.7. The molecule has 1 aromatic rings. The number of aromatic nitrogens is 2. The zero-order chi connectivity index (χ0) is 16.1. The number of carbonyl (C=O) groups excluding carboxylic acids is 1. The second-order valence-electron chi connectivity index (χ2n) is 6.61. The van der Waals surface area contributed by atoms with Gasteiger partial charge in [-0.05, 0) is 38.0 Å². The summed E-state index contributed by atoms with van der Waals surface area (Å²) in [5.74, 6) is 2.47. The molecule has 2 saturated heterocycles. The van der Waals surface area contributed by atoms with Crippen LogP contribution in [0.25, 0.3) is 0 Å². The average molecular weight is 334 g/mol. The molecule has 2 fully saturated rings. The molecule has 5 nitrogen and oxygen atoms in total. The topological polar surface area (TPSA) is 49.3 Å². The molecule has 2 aliphatic heterocycles. The Morgan fingerprint density at radius 1 is 1.17 bits per heavy atom. The van der Waals surface area contributed by atoms with Gasteiger partial charge >= 0.3 is 0 Å². The number of amides is 1. The molecule has 3 heterocycles. The van der Waals surface area contributed by atoms with Gasteiger partial charge < -0.3 is 9.80 Å². The summed E-state index contributed by atoms with van der Waals surface area (Å²) in [6.07, 6.45) is 7.66. The van der Waals surface area contributed by atoms with Crippen molar-refractivity contribution < 1.29 is 4.79 Å². The molecule has 0 atom stereocenters. The van der Waals surface area contributed by atoms with Crippen LogP contribution in [0.15, 0.2) is 17.4 Å². The van der Waals surface area contributed by atoms with Crippen LogP contribution in [0.2, 0.25) is 0 Å². The molecule has 126 valence electrons. The van der Waals surface area contributed by atoms with E-state index in [0.717, 1.165) is 55.8 Å². The molecule has 3 rings (SSSR count). The zero-order valence-electron chi connectivity index (χ0n) is 13.9. The summed E-state index contributed by atoms with van der Waals surface area (Å²) in [6, 6.07) is 2.03. The molecular formula is C17H26N4OS. The van der Waals surface area contributed by atoms with Crippen molar-refractivity contribution in [1.29, 1.82) is 0 Å². The predicted molar refractivity (Wildman–Crippen MR) is 93.8 cm³/mol. The average Bonchev–Trinajstić information content (AvgIpc) is 2.61. The fourth-order valence-electron chi connectivity index (χ4n) is 3.19. The highest BCUT2D eigenvalue weighted by atomic mass is 32.2. The van der Waals surface area contributed by atoms with E-state index in [2.05, 4.69) is 21.8 Å². The van der Waals surface area contributed by atoms with Crippen LogP contribution in [0.1, 0.15) is 39.0 Å². The van der Waals surface area contributed by atoms with E-state index in [1.54, 1.807) is 6.33 Å². The van der Waals surface area contributed by atoms with Gasteiger partial charge in [0, 0.05) is 32.2 Å². The molecule has 0 bridgehead atoms. The second kappa shape index (κ2) is 7.99. The molecule has 0 unspecified atom stereocenters. The van der Waals surface area contributed by atoms with Crippen LogP contribution >= 0.6 is 11.8 Å². The minimum absolute atomic E-state index is 0.236. The van der Waals surface area contributed by atoms with E-state index in [1.807, 2.05) is 11.0 Å². The van der Waals surface area contributed by atoms with E-state index in [1.165, 1.54) is 31.0 Å². The van der Waals surface area contributed by atoms with Crippen molar-refractivity contribution in [1.82, 2.24) is 14.9 Å². The predicted octanol–water partition coefficient (Wildman–Crippen LogP) is 2.82. The molecule has 0 radical (unpaired) electrons. The quantitative estimate of drug-likeness (QED) is 0.626. The van der Waals surface area contributed by atoms with Gasteiger partial charge in [0.1, 0.15) is 17.2 Å². The number of hydrogen-bond acceptors (Lipinski definition) is 5. The van der Waals surface area contributed by atoms with E-state index >= 15 is 0 Å². The van der Waals surface area contributed by atoms with Crippen LogP contribution in [0.4, 0.5) is 5.82 Å². The molecule has 0 saturated carbocycles. The maximum atomic E-state index is 12.3. The standard InChI is InChI=1S/C17H26N4OS/c1-14-5-9-21(10-6-14)17(22)12-23-16-11-15(18-13-19-16)20-7-3-2-4-8-20/h11,13-14H,2-10,12H2,1H3. The van der Waals surface area contributed by atoms with Gasteiger partial charge in [-0.1, -0.05) is 18.7 Å². The van der Waals surface area contributed by atoms with Crippen molar-refractivity contribution in [2.45, 2.75) is 44.1 Å². The first-order chi connectivity index (χ1) is 11.2. The van der Waals surface area contributed by atoms with Crippen LogP contribution in [-0.4, -0.2) is 52.7 Å². The Hall–Kier alpha value is -1.30. The number of likely N-dealkylation sites (tertiary alicyclic amines) is 1. The number of thioether (sulfide) groups is 1. The molecule has 23 heavy (non-hydrogen) atoms. The van der Waals surface area contributed by atoms with Crippen LogP contribution in [-0.2, 0) is 4.79 Å². The Labute approximate surface area is 142 Å². The molecule has 1 aromatic heterocycles. The first kappa shape index (κ1) is 16.6. The third-order valence-electron chi connectivity index (χ3n) is 4.79. The third-order valence-corrected chi connectivity index (χ3v) is 5.70. The van der Waals surface area contributed by atoms with E-state index in [4.69, 9.17) is 0 Å². The summed E-state index contributed by atoms with van der Waals surface area (Å²) in [5.41, 5.74) is 0. The summed E-state index contributed by atoms with van der Waals surface area (Å²) in [5, 5.41) is 0.902. The van der Waals surface area contributed by atoms with Gasteiger partial charge in [0.2, 0.25) is 5.91 Å². The fraction of sp³-hybridized carbons (Fsp3) is 0.706. The number of hydrogen-bond donors (Lipinski definition) is 0. The number of nitrogens with zero attached hydrogens (tertiary/aromatic N) is 4. The number of piperidine rings is 2. The molecule has 6 heteroatoms. The normalized spacial score (nSPS) is 19.9. The lowest BCUT2D eigenvalue weighted by Crippen LogP contribution is -2.38. The monoisotopic (exact) mass is 334 g/mol. The van der Waals surface area contributed by atoms with E-state index < -0.39 is 0 Å². The van der Waals surface area contributed by atoms with Crippen molar-refractivity contribution in [3.8, 4) is 0 Å². The Balaban J connectivity index is 1.52. The third kappa shape index (κ3) is 4.59. The minimum Gasteiger partial charge on any atom is -0.356 e. The largest absolute Gasteiger partial charge is 0.356 e. The van der Waals surface area contributed by atoms with Crippen molar-refractivity contribution >= 4 is 23.5 Å². The number of rotatable bonds is 4. The molecule has 0 spiro atoms. The maximum Gasteiger partial charge on any atom is 0.232 e. The van der Waals surface area contributed by atoms with Crippen LogP contribution in [0.3, 0.4) is 0 Å². The molecule has 0 aliphatic carbocycles. The van der Waals surface area contributed by atoms with Crippen LogP contribution < -0.4 is 4.90 Å². The smallest absolute Gasteiger partial charge is 0.232 e. The molecule has 0 aromatic carbocycles. The molecule has 0 N–H and O–H groups in total. The van der Waals surface area contributed by atoms with E-state index in [0.29, 0.717) is 5.75 Å². The van der Waals surface area contributed by atoms with Gasteiger partial charge in [-0.25, -0.2) is 9.97 Å². The fourth-order valence-corrected chi connectivity index (χ4v) is 3.95. The van der Waals surface area contributed by atoms with E-state index in [9.17, 15) is 4.79 Å². The Morgan fingerprint density at radius 2 is 1.91 bits per heavy atom. The second-order valence-corrected chi connectivity index (χ2v) is 7.61. The van der Waals surface area contributed by atoms with Crippen LogP contribution in [0, 0.1) is 5.92 Å². The minimum atomic E-state index is 0.236. The van der Waals surface area contributed by atoms with Gasteiger partial charge in [0.15, 0.2) is 0 Å². The summed E-state index contributed by atoms with van der Waals surface area (Å²) < 4.78 is 0. The molecule has 2 aliphatic rings.